The molecule has 4 nitrogen and oxygen atoms in total. The fraction of sp³-hybridized carbons (Fsp3) is 0.474. The van der Waals surface area contributed by atoms with Crippen molar-refractivity contribution in [3.63, 3.8) is 0 Å². The van der Waals surface area contributed by atoms with Crippen LogP contribution >= 0.6 is 11.3 Å². The second-order valence-electron chi connectivity index (χ2n) is 6.55. The van der Waals surface area contributed by atoms with Crippen molar-refractivity contribution >= 4 is 17.2 Å². The first-order chi connectivity index (χ1) is 11.6. The number of aliphatic hydroxyl groups excluding tert-OH is 1. The first-order valence-electron chi connectivity index (χ1n) is 8.49. The van der Waals surface area contributed by atoms with Gasteiger partial charge in [0.2, 0.25) is 5.91 Å². The zero-order valence-electron chi connectivity index (χ0n) is 14.3. The van der Waals surface area contributed by atoms with Crippen LogP contribution in [0.4, 0.5) is 0 Å². The lowest BCUT2D eigenvalue weighted by atomic mass is 9.97. The van der Waals surface area contributed by atoms with Crippen molar-refractivity contribution in [1.29, 1.82) is 0 Å². The smallest absolute Gasteiger partial charge is 0.227 e. The molecule has 1 amide bonds. The Labute approximate surface area is 147 Å². The Morgan fingerprint density at radius 1 is 1.25 bits per heavy atom. The van der Waals surface area contributed by atoms with E-state index in [0.29, 0.717) is 12.3 Å². The van der Waals surface area contributed by atoms with Gasteiger partial charge in [-0.25, -0.2) is 4.98 Å². The van der Waals surface area contributed by atoms with Crippen LogP contribution in [-0.2, 0) is 11.2 Å². The minimum absolute atomic E-state index is 0.170. The lowest BCUT2D eigenvalue weighted by Crippen LogP contribution is -2.39. The zero-order chi connectivity index (χ0) is 17.1. The number of aromatic nitrogens is 1. The molecule has 0 bridgehead atoms. The number of amides is 1. The SMILES string of the molecule is Cc1ccc(-c2nc(C)sc2CC(=O)N2CCC(CO)CC2)cc1. The van der Waals surface area contributed by atoms with Gasteiger partial charge in [0.25, 0.3) is 0 Å². The number of aryl methyl sites for hydroxylation is 2. The van der Waals surface area contributed by atoms with Crippen molar-refractivity contribution in [3.05, 3.63) is 39.7 Å². The zero-order valence-corrected chi connectivity index (χ0v) is 15.1. The molecule has 128 valence electrons. The minimum Gasteiger partial charge on any atom is -0.396 e. The Morgan fingerprint density at radius 3 is 2.54 bits per heavy atom. The van der Waals surface area contributed by atoms with Crippen LogP contribution in [0.25, 0.3) is 11.3 Å². The second-order valence-corrected chi connectivity index (χ2v) is 7.84. The highest BCUT2D eigenvalue weighted by Gasteiger charge is 2.24. The number of benzene rings is 1. The molecule has 0 unspecified atom stereocenters. The molecule has 2 aromatic rings. The lowest BCUT2D eigenvalue weighted by Gasteiger charge is -2.31. The van der Waals surface area contributed by atoms with E-state index < -0.39 is 0 Å². The highest BCUT2D eigenvalue weighted by atomic mass is 32.1. The predicted octanol–water partition coefficient (Wildman–Crippen LogP) is 3.20. The molecule has 1 fully saturated rings. The van der Waals surface area contributed by atoms with Crippen LogP contribution in [-0.4, -0.2) is 40.6 Å². The van der Waals surface area contributed by atoms with Crippen LogP contribution in [0, 0.1) is 19.8 Å². The van der Waals surface area contributed by atoms with E-state index in [0.717, 1.165) is 47.1 Å². The molecule has 1 aliphatic rings. The monoisotopic (exact) mass is 344 g/mol. The van der Waals surface area contributed by atoms with Crippen LogP contribution < -0.4 is 0 Å². The van der Waals surface area contributed by atoms with E-state index in [2.05, 4.69) is 36.2 Å². The van der Waals surface area contributed by atoms with Crippen LogP contribution in [0.1, 0.15) is 28.3 Å². The summed E-state index contributed by atoms with van der Waals surface area (Å²) in [7, 11) is 0. The van der Waals surface area contributed by atoms with Gasteiger partial charge in [0, 0.05) is 30.1 Å². The molecule has 5 heteroatoms. The van der Waals surface area contributed by atoms with E-state index in [1.165, 1.54) is 5.56 Å². The maximum Gasteiger partial charge on any atom is 0.227 e. The summed E-state index contributed by atoms with van der Waals surface area (Å²) in [4.78, 5) is 20.3. The summed E-state index contributed by atoms with van der Waals surface area (Å²) in [6.07, 6.45) is 2.21. The highest BCUT2D eigenvalue weighted by Crippen LogP contribution is 2.29. The molecule has 1 N–H and O–H groups in total. The van der Waals surface area contributed by atoms with Crippen molar-refractivity contribution < 1.29 is 9.90 Å². The van der Waals surface area contributed by atoms with Gasteiger partial charge in [-0.05, 0) is 32.6 Å². The summed E-state index contributed by atoms with van der Waals surface area (Å²) in [6.45, 7) is 5.79. The average Bonchev–Trinajstić information content (AvgIpc) is 2.96. The lowest BCUT2D eigenvalue weighted by molar-refractivity contribution is -0.132. The molecule has 1 aromatic carbocycles. The van der Waals surface area contributed by atoms with Crippen molar-refractivity contribution in [2.75, 3.05) is 19.7 Å². The van der Waals surface area contributed by atoms with E-state index in [4.69, 9.17) is 0 Å². The molecule has 0 atom stereocenters. The van der Waals surface area contributed by atoms with Gasteiger partial charge in [0.15, 0.2) is 0 Å². The molecular formula is C19H24N2O2S. The molecule has 2 heterocycles. The van der Waals surface area contributed by atoms with E-state index >= 15 is 0 Å². The average molecular weight is 344 g/mol. The number of likely N-dealkylation sites (tertiary alicyclic amines) is 1. The van der Waals surface area contributed by atoms with Crippen molar-refractivity contribution in [2.45, 2.75) is 33.1 Å². The highest BCUT2D eigenvalue weighted by molar-refractivity contribution is 7.12. The standard InChI is InChI=1S/C19H24N2O2S/c1-13-3-5-16(6-4-13)19-17(24-14(2)20-19)11-18(23)21-9-7-15(12-22)8-10-21/h3-6,15,22H,7-12H2,1-2H3. The maximum absolute atomic E-state index is 12.7. The Kier molecular flexibility index (Phi) is 5.31. The molecular weight excluding hydrogens is 320 g/mol. The number of thiazole rings is 1. The third-order valence-electron chi connectivity index (χ3n) is 4.67. The topological polar surface area (TPSA) is 53.4 Å². The quantitative estimate of drug-likeness (QED) is 0.927. The Hall–Kier alpha value is -1.72. The summed E-state index contributed by atoms with van der Waals surface area (Å²) >= 11 is 1.61. The van der Waals surface area contributed by atoms with Crippen molar-refractivity contribution in [2.24, 2.45) is 5.92 Å². The van der Waals surface area contributed by atoms with Crippen molar-refractivity contribution in [1.82, 2.24) is 9.88 Å². The number of carbonyl (C=O) groups excluding carboxylic acids is 1. The molecule has 1 aliphatic heterocycles. The molecule has 0 radical (unpaired) electrons. The number of hydrogen-bond acceptors (Lipinski definition) is 4. The van der Waals surface area contributed by atoms with Gasteiger partial charge in [0.05, 0.1) is 17.1 Å². The third kappa shape index (κ3) is 3.84. The third-order valence-corrected chi connectivity index (χ3v) is 5.64. The Bertz CT molecular complexity index is 701. The van der Waals surface area contributed by atoms with Crippen LogP contribution in [0.2, 0.25) is 0 Å². The van der Waals surface area contributed by atoms with E-state index in [9.17, 15) is 9.90 Å². The molecule has 3 rings (SSSR count). The van der Waals surface area contributed by atoms with Crippen molar-refractivity contribution in [3.8, 4) is 11.3 Å². The van der Waals surface area contributed by atoms with Crippen LogP contribution in [0.3, 0.4) is 0 Å². The summed E-state index contributed by atoms with van der Waals surface area (Å²) in [5, 5.41) is 10.2. The van der Waals surface area contributed by atoms with E-state index in [-0.39, 0.29) is 12.5 Å². The first-order valence-corrected chi connectivity index (χ1v) is 9.30. The Morgan fingerprint density at radius 2 is 1.92 bits per heavy atom. The fourth-order valence-corrected chi connectivity index (χ4v) is 4.09. The molecule has 1 aromatic heterocycles. The van der Waals surface area contributed by atoms with E-state index in [1.807, 2.05) is 11.8 Å². The van der Waals surface area contributed by atoms with Gasteiger partial charge in [-0.1, -0.05) is 29.8 Å². The number of nitrogens with zero attached hydrogens (tertiary/aromatic N) is 2. The molecule has 24 heavy (non-hydrogen) atoms. The normalized spacial score (nSPS) is 15.7. The first kappa shape index (κ1) is 17.1. The van der Waals surface area contributed by atoms with Gasteiger partial charge in [-0.2, -0.15) is 0 Å². The van der Waals surface area contributed by atoms with Crippen LogP contribution in [0.15, 0.2) is 24.3 Å². The number of piperidine rings is 1. The number of carbonyl (C=O) groups is 1. The summed E-state index contributed by atoms with van der Waals surface area (Å²) in [5.41, 5.74) is 3.23. The van der Waals surface area contributed by atoms with Gasteiger partial charge in [-0.15, -0.1) is 11.3 Å². The minimum atomic E-state index is 0.170. The fourth-order valence-electron chi connectivity index (χ4n) is 3.14. The number of hydrogen-bond donors (Lipinski definition) is 1. The van der Waals surface area contributed by atoms with Gasteiger partial charge in [0.1, 0.15) is 0 Å². The van der Waals surface area contributed by atoms with E-state index in [1.54, 1.807) is 11.3 Å². The van der Waals surface area contributed by atoms with Gasteiger partial charge < -0.3 is 10.0 Å². The van der Waals surface area contributed by atoms with Crippen LogP contribution in [0.5, 0.6) is 0 Å². The van der Waals surface area contributed by atoms with Gasteiger partial charge >= 0.3 is 0 Å². The summed E-state index contributed by atoms with van der Waals surface area (Å²) in [6, 6.07) is 8.31. The summed E-state index contributed by atoms with van der Waals surface area (Å²) < 4.78 is 0. The summed E-state index contributed by atoms with van der Waals surface area (Å²) in [5.74, 6) is 0.520. The molecule has 1 saturated heterocycles. The number of rotatable bonds is 4. The predicted molar refractivity (Wildman–Crippen MR) is 97.1 cm³/mol. The molecule has 0 spiro atoms. The maximum atomic E-state index is 12.7. The molecule has 0 saturated carbocycles. The number of aliphatic hydroxyl groups is 1. The van der Waals surface area contributed by atoms with Gasteiger partial charge in [-0.3, -0.25) is 4.79 Å². The Balaban J connectivity index is 1.73. The second kappa shape index (κ2) is 7.45. The largest absolute Gasteiger partial charge is 0.396 e. The molecule has 0 aliphatic carbocycles.